The van der Waals surface area contributed by atoms with Crippen LogP contribution in [0.15, 0.2) is 48.5 Å². The molecule has 2 amide bonds. The zero-order valence-electron chi connectivity index (χ0n) is 15.7. The summed E-state index contributed by atoms with van der Waals surface area (Å²) in [5.41, 5.74) is 4.84. The third-order valence-corrected chi connectivity index (χ3v) is 5.53. The Bertz CT molecular complexity index is 856. The van der Waals surface area contributed by atoms with Gasteiger partial charge in [-0.25, -0.2) is 0 Å². The van der Waals surface area contributed by atoms with Crippen LogP contribution in [0, 0.1) is 6.92 Å². The lowest BCUT2D eigenvalue weighted by Gasteiger charge is -2.37. The lowest BCUT2D eigenvalue weighted by molar-refractivity contribution is -0.152. The molecule has 1 saturated heterocycles. The molecule has 2 aliphatic rings. The highest BCUT2D eigenvalue weighted by molar-refractivity contribution is 6.34. The van der Waals surface area contributed by atoms with Gasteiger partial charge in [-0.05, 0) is 42.2 Å². The average molecular weight is 363 g/mol. The minimum absolute atomic E-state index is 0.363. The van der Waals surface area contributed by atoms with Crippen molar-refractivity contribution in [3.05, 3.63) is 65.2 Å². The van der Waals surface area contributed by atoms with E-state index in [9.17, 15) is 9.59 Å². The first-order chi connectivity index (χ1) is 13.1. The molecule has 0 N–H and O–H groups in total. The molecule has 0 radical (unpaired) electrons. The summed E-state index contributed by atoms with van der Waals surface area (Å²) in [4.78, 5) is 31.1. The molecular weight excluding hydrogens is 338 g/mol. The predicted molar refractivity (Wildman–Crippen MR) is 106 cm³/mol. The van der Waals surface area contributed by atoms with E-state index in [1.54, 1.807) is 9.80 Å². The van der Waals surface area contributed by atoms with Gasteiger partial charge in [0.15, 0.2) is 0 Å². The van der Waals surface area contributed by atoms with Crippen LogP contribution in [0.4, 0.5) is 5.69 Å². The summed E-state index contributed by atoms with van der Waals surface area (Å²) in [6.45, 7) is 5.91. The van der Waals surface area contributed by atoms with Crippen LogP contribution >= 0.6 is 0 Å². The number of fused-ring (bicyclic) bond motifs is 1. The smallest absolute Gasteiger partial charge is 0.312 e. The van der Waals surface area contributed by atoms with Gasteiger partial charge in [0.25, 0.3) is 0 Å². The highest BCUT2D eigenvalue weighted by Gasteiger charge is 2.31. The number of carbonyl (C=O) groups is 2. The lowest BCUT2D eigenvalue weighted by atomic mass is 10.00. The van der Waals surface area contributed by atoms with Crippen molar-refractivity contribution in [2.45, 2.75) is 19.9 Å². The molecule has 2 aromatic rings. The molecule has 27 heavy (non-hydrogen) atoms. The van der Waals surface area contributed by atoms with Crippen LogP contribution < -0.4 is 4.90 Å². The van der Waals surface area contributed by atoms with E-state index in [0.717, 1.165) is 25.1 Å². The molecule has 5 heteroatoms. The number of anilines is 1. The van der Waals surface area contributed by atoms with Gasteiger partial charge in [-0.15, -0.1) is 0 Å². The first-order valence-electron chi connectivity index (χ1n) is 9.58. The molecule has 4 rings (SSSR count). The standard InChI is InChI=1S/C22H25N3O2/c1-17-5-4-8-20(15-17)23-11-13-24(14-12-23)21(26)22(27)25-10-9-18-6-2-3-7-19(18)16-25/h2-8,15H,9-14,16H2,1H3. The Morgan fingerprint density at radius 2 is 1.48 bits per heavy atom. The monoisotopic (exact) mass is 363 g/mol. The molecule has 0 saturated carbocycles. The Hall–Kier alpha value is -2.82. The minimum atomic E-state index is -0.367. The Labute approximate surface area is 160 Å². The number of rotatable bonds is 1. The molecule has 5 nitrogen and oxygen atoms in total. The van der Waals surface area contributed by atoms with E-state index < -0.39 is 0 Å². The van der Waals surface area contributed by atoms with E-state index in [1.165, 1.54) is 16.8 Å². The van der Waals surface area contributed by atoms with Gasteiger partial charge in [0.1, 0.15) is 0 Å². The number of hydrogen-bond donors (Lipinski definition) is 0. The summed E-state index contributed by atoms with van der Waals surface area (Å²) in [7, 11) is 0. The van der Waals surface area contributed by atoms with Gasteiger partial charge in [0.2, 0.25) is 0 Å². The second-order valence-corrected chi connectivity index (χ2v) is 7.36. The second-order valence-electron chi connectivity index (χ2n) is 7.36. The zero-order chi connectivity index (χ0) is 18.8. The summed E-state index contributed by atoms with van der Waals surface area (Å²) < 4.78 is 0. The van der Waals surface area contributed by atoms with Crippen LogP contribution in [-0.4, -0.2) is 54.3 Å². The normalized spacial score (nSPS) is 16.9. The highest BCUT2D eigenvalue weighted by atomic mass is 16.2. The Morgan fingerprint density at radius 1 is 0.778 bits per heavy atom. The molecule has 0 bridgehead atoms. The molecular formula is C22H25N3O2. The number of hydrogen-bond acceptors (Lipinski definition) is 3. The number of amides is 2. The fourth-order valence-electron chi connectivity index (χ4n) is 3.93. The largest absolute Gasteiger partial charge is 0.368 e. The number of nitrogens with zero attached hydrogens (tertiary/aromatic N) is 3. The van der Waals surface area contributed by atoms with Gasteiger partial charge in [-0.2, -0.15) is 0 Å². The molecule has 0 aromatic heterocycles. The molecule has 0 aliphatic carbocycles. The summed E-state index contributed by atoms with van der Waals surface area (Å²) in [5, 5.41) is 0. The molecule has 0 atom stereocenters. The van der Waals surface area contributed by atoms with Crippen LogP contribution in [0.1, 0.15) is 16.7 Å². The number of carbonyl (C=O) groups excluding carboxylic acids is 2. The summed E-state index contributed by atoms with van der Waals surface area (Å²) in [6, 6.07) is 16.5. The van der Waals surface area contributed by atoms with Crippen LogP contribution in [-0.2, 0) is 22.6 Å². The SMILES string of the molecule is Cc1cccc(N2CCN(C(=O)C(=O)N3CCc4ccccc4C3)CC2)c1. The first kappa shape index (κ1) is 17.6. The molecule has 2 aliphatic heterocycles. The third kappa shape index (κ3) is 3.68. The molecule has 2 aromatic carbocycles. The van der Waals surface area contributed by atoms with E-state index in [-0.39, 0.29) is 11.8 Å². The van der Waals surface area contributed by atoms with E-state index >= 15 is 0 Å². The molecule has 0 spiro atoms. The van der Waals surface area contributed by atoms with E-state index in [4.69, 9.17) is 0 Å². The number of aryl methyl sites for hydroxylation is 1. The van der Waals surface area contributed by atoms with E-state index in [1.807, 2.05) is 18.2 Å². The fourth-order valence-corrected chi connectivity index (χ4v) is 3.93. The highest BCUT2D eigenvalue weighted by Crippen LogP contribution is 2.20. The average Bonchev–Trinajstić information content (AvgIpc) is 2.72. The molecule has 140 valence electrons. The van der Waals surface area contributed by atoms with E-state index in [2.05, 4.69) is 42.2 Å². The van der Waals surface area contributed by atoms with Gasteiger partial charge in [-0.3, -0.25) is 9.59 Å². The predicted octanol–water partition coefficient (Wildman–Crippen LogP) is 2.23. The van der Waals surface area contributed by atoms with Gasteiger partial charge in [0, 0.05) is 45.0 Å². The second kappa shape index (κ2) is 7.43. The van der Waals surface area contributed by atoms with Gasteiger partial charge < -0.3 is 14.7 Å². The van der Waals surface area contributed by atoms with Gasteiger partial charge >= 0.3 is 11.8 Å². The first-order valence-corrected chi connectivity index (χ1v) is 9.58. The number of piperazine rings is 1. The van der Waals surface area contributed by atoms with Gasteiger partial charge in [-0.1, -0.05) is 36.4 Å². The maximum absolute atomic E-state index is 12.7. The Morgan fingerprint density at radius 3 is 2.22 bits per heavy atom. The van der Waals surface area contributed by atoms with Crippen LogP contribution in [0.2, 0.25) is 0 Å². The molecule has 0 unspecified atom stereocenters. The van der Waals surface area contributed by atoms with Gasteiger partial charge in [0.05, 0.1) is 0 Å². The lowest BCUT2D eigenvalue weighted by Crippen LogP contribution is -2.53. The van der Waals surface area contributed by atoms with Crippen molar-refractivity contribution in [2.24, 2.45) is 0 Å². The van der Waals surface area contributed by atoms with Crippen molar-refractivity contribution in [3.63, 3.8) is 0 Å². The summed E-state index contributed by atoms with van der Waals surface area (Å²) in [6.07, 6.45) is 0.816. The van der Waals surface area contributed by atoms with Crippen molar-refractivity contribution in [2.75, 3.05) is 37.6 Å². The molecule has 1 fully saturated rings. The van der Waals surface area contributed by atoms with Crippen LogP contribution in [0.5, 0.6) is 0 Å². The molecule has 2 heterocycles. The minimum Gasteiger partial charge on any atom is -0.368 e. The zero-order valence-corrected chi connectivity index (χ0v) is 15.7. The number of benzene rings is 2. The topological polar surface area (TPSA) is 43.9 Å². The van der Waals surface area contributed by atoms with E-state index in [0.29, 0.717) is 26.2 Å². The van der Waals surface area contributed by atoms with Crippen molar-refractivity contribution in [1.82, 2.24) is 9.80 Å². The maximum Gasteiger partial charge on any atom is 0.312 e. The summed E-state index contributed by atoms with van der Waals surface area (Å²) >= 11 is 0. The van der Waals surface area contributed by atoms with Crippen molar-refractivity contribution < 1.29 is 9.59 Å². The van der Waals surface area contributed by atoms with Crippen molar-refractivity contribution in [3.8, 4) is 0 Å². The van der Waals surface area contributed by atoms with Crippen LogP contribution in [0.3, 0.4) is 0 Å². The van der Waals surface area contributed by atoms with Crippen LogP contribution in [0.25, 0.3) is 0 Å². The Kier molecular flexibility index (Phi) is 4.84. The Balaban J connectivity index is 1.36. The van der Waals surface area contributed by atoms with Crippen molar-refractivity contribution >= 4 is 17.5 Å². The summed E-state index contributed by atoms with van der Waals surface area (Å²) in [5.74, 6) is -0.730. The maximum atomic E-state index is 12.7. The third-order valence-electron chi connectivity index (χ3n) is 5.53. The fraction of sp³-hybridized carbons (Fsp3) is 0.364. The van der Waals surface area contributed by atoms with Crippen molar-refractivity contribution in [1.29, 1.82) is 0 Å². The quantitative estimate of drug-likeness (QED) is 0.730.